The highest BCUT2D eigenvalue weighted by molar-refractivity contribution is 7.91. The number of anilines is 1. The van der Waals surface area contributed by atoms with E-state index in [2.05, 4.69) is 5.32 Å². The lowest BCUT2D eigenvalue weighted by atomic mass is 10.2. The van der Waals surface area contributed by atoms with Crippen molar-refractivity contribution in [3.63, 3.8) is 0 Å². The molecule has 1 aliphatic heterocycles. The van der Waals surface area contributed by atoms with Gasteiger partial charge in [0.2, 0.25) is 11.8 Å². The third-order valence-electron chi connectivity index (χ3n) is 4.12. The van der Waals surface area contributed by atoms with E-state index in [1.54, 1.807) is 19.1 Å². The van der Waals surface area contributed by atoms with E-state index in [-0.39, 0.29) is 24.0 Å². The van der Waals surface area contributed by atoms with Gasteiger partial charge in [0, 0.05) is 24.1 Å². The van der Waals surface area contributed by atoms with Gasteiger partial charge in [0.15, 0.2) is 9.84 Å². The summed E-state index contributed by atoms with van der Waals surface area (Å²) < 4.78 is 28.5. The highest BCUT2D eigenvalue weighted by atomic mass is 35.5. The molecule has 0 radical (unpaired) electrons. The molecule has 2 rings (SSSR count). The van der Waals surface area contributed by atoms with E-state index in [0.29, 0.717) is 22.9 Å². The number of halogens is 1. The number of sulfone groups is 1. The standard InChI is InChI=1S/C16H21ClN2O5S/c1-10-6-14(15(24-3)7-13(10)17)18-16(21)8-19(11(2)20)12-4-5-25(22,23)9-12/h6-7,12H,4-5,8-9H2,1-3H3,(H,18,21). The molecule has 1 atom stereocenters. The second kappa shape index (κ2) is 7.61. The van der Waals surface area contributed by atoms with E-state index in [1.165, 1.54) is 18.9 Å². The molecule has 25 heavy (non-hydrogen) atoms. The molecular formula is C16H21ClN2O5S. The fourth-order valence-electron chi connectivity index (χ4n) is 2.79. The van der Waals surface area contributed by atoms with Crippen LogP contribution in [0.1, 0.15) is 18.9 Å². The molecule has 1 unspecified atom stereocenters. The Labute approximate surface area is 152 Å². The van der Waals surface area contributed by atoms with Crippen molar-refractivity contribution in [1.82, 2.24) is 4.90 Å². The number of aryl methyl sites for hydroxylation is 1. The molecule has 0 aromatic heterocycles. The van der Waals surface area contributed by atoms with Gasteiger partial charge in [0.25, 0.3) is 0 Å². The molecule has 0 saturated carbocycles. The predicted molar refractivity (Wildman–Crippen MR) is 95.8 cm³/mol. The molecule has 1 fully saturated rings. The molecule has 1 saturated heterocycles. The highest BCUT2D eigenvalue weighted by Gasteiger charge is 2.34. The minimum absolute atomic E-state index is 0.0350. The molecule has 0 bridgehead atoms. The second-order valence-electron chi connectivity index (χ2n) is 6.05. The molecule has 2 amide bonds. The number of benzene rings is 1. The zero-order valence-electron chi connectivity index (χ0n) is 14.3. The highest BCUT2D eigenvalue weighted by Crippen LogP contribution is 2.31. The summed E-state index contributed by atoms with van der Waals surface area (Å²) in [6.45, 7) is 2.90. The van der Waals surface area contributed by atoms with Gasteiger partial charge in [-0.05, 0) is 25.0 Å². The lowest BCUT2D eigenvalue weighted by Gasteiger charge is -2.26. The van der Waals surface area contributed by atoms with Gasteiger partial charge in [-0.15, -0.1) is 0 Å². The van der Waals surface area contributed by atoms with Gasteiger partial charge in [-0.25, -0.2) is 8.42 Å². The molecule has 1 aromatic rings. The van der Waals surface area contributed by atoms with Gasteiger partial charge in [-0.1, -0.05) is 11.6 Å². The third-order valence-corrected chi connectivity index (χ3v) is 6.28. The maximum Gasteiger partial charge on any atom is 0.244 e. The summed E-state index contributed by atoms with van der Waals surface area (Å²) in [7, 11) is -1.69. The van der Waals surface area contributed by atoms with Crippen molar-refractivity contribution in [3.8, 4) is 5.75 Å². The molecule has 9 heteroatoms. The van der Waals surface area contributed by atoms with Crippen molar-refractivity contribution in [1.29, 1.82) is 0 Å². The molecule has 1 heterocycles. The molecule has 0 spiro atoms. The summed E-state index contributed by atoms with van der Waals surface area (Å²) in [6, 6.07) is 2.80. The zero-order chi connectivity index (χ0) is 18.8. The van der Waals surface area contributed by atoms with Crippen LogP contribution >= 0.6 is 11.6 Å². The van der Waals surface area contributed by atoms with Crippen molar-refractivity contribution < 1.29 is 22.7 Å². The van der Waals surface area contributed by atoms with Crippen molar-refractivity contribution in [2.24, 2.45) is 0 Å². The molecule has 7 nitrogen and oxygen atoms in total. The summed E-state index contributed by atoms with van der Waals surface area (Å²) in [4.78, 5) is 25.5. The smallest absolute Gasteiger partial charge is 0.244 e. The average Bonchev–Trinajstić information content (AvgIpc) is 2.87. The number of hydrogen-bond acceptors (Lipinski definition) is 5. The van der Waals surface area contributed by atoms with Gasteiger partial charge in [-0.3, -0.25) is 9.59 Å². The van der Waals surface area contributed by atoms with Crippen molar-refractivity contribution in [2.45, 2.75) is 26.3 Å². The van der Waals surface area contributed by atoms with Crippen LogP contribution in [0.3, 0.4) is 0 Å². The summed E-state index contributed by atoms with van der Waals surface area (Å²) in [5.74, 6) is -0.436. The minimum Gasteiger partial charge on any atom is -0.495 e. The van der Waals surface area contributed by atoms with Crippen LogP contribution in [-0.2, 0) is 19.4 Å². The number of amides is 2. The quantitative estimate of drug-likeness (QED) is 0.827. The number of nitrogens with one attached hydrogen (secondary N) is 1. The Morgan fingerprint density at radius 2 is 2.08 bits per heavy atom. The Bertz CT molecular complexity index is 794. The fourth-order valence-corrected chi connectivity index (χ4v) is 4.68. The number of carbonyl (C=O) groups excluding carboxylic acids is 2. The first-order chi connectivity index (χ1) is 11.6. The molecule has 1 aliphatic rings. The van der Waals surface area contributed by atoms with Crippen molar-refractivity contribution >= 4 is 38.9 Å². The van der Waals surface area contributed by atoms with Crippen molar-refractivity contribution in [2.75, 3.05) is 30.5 Å². The molecule has 1 aromatic carbocycles. The maximum absolute atomic E-state index is 12.4. The fraction of sp³-hybridized carbons (Fsp3) is 0.500. The van der Waals surface area contributed by atoms with E-state index in [0.717, 1.165) is 5.56 Å². The van der Waals surface area contributed by atoms with Crippen LogP contribution in [0.2, 0.25) is 5.02 Å². The first kappa shape index (κ1) is 19.5. The minimum atomic E-state index is -3.15. The number of carbonyl (C=O) groups is 2. The van der Waals surface area contributed by atoms with Crippen LogP contribution in [-0.4, -0.2) is 56.3 Å². The first-order valence-corrected chi connectivity index (χ1v) is 9.94. The van der Waals surface area contributed by atoms with Gasteiger partial charge >= 0.3 is 0 Å². The van der Waals surface area contributed by atoms with Crippen LogP contribution in [0, 0.1) is 6.92 Å². The van der Waals surface area contributed by atoms with Gasteiger partial charge in [0.1, 0.15) is 12.3 Å². The first-order valence-electron chi connectivity index (χ1n) is 7.74. The Balaban J connectivity index is 2.12. The number of ether oxygens (including phenoxy) is 1. The summed E-state index contributed by atoms with van der Waals surface area (Å²) in [5.41, 5.74) is 1.21. The lowest BCUT2D eigenvalue weighted by Crippen LogP contribution is -2.44. The van der Waals surface area contributed by atoms with E-state index >= 15 is 0 Å². The van der Waals surface area contributed by atoms with E-state index in [1.807, 2.05) is 0 Å². The zero-order valence-corrected chi connectivity index (χ0v) is 15.9. The Kier molecular flexibility index (Phi) is 5.95. The molecule has 1 N–H and O–H groups in total. The van der Waals surface area contributed by atoms with Gasteiger partial charge in [0.05, 0.1) is 24.3 Å². The van der Waals surface area contributed by atoms with E-state index < -0.39 is 21.8 Å². The summed E-state index contributed by atoms with van der Waals surface area (Å²) in [5, 5.41) is 3.20. The molecule has 138 valence electrons. The maximum atomic E-state index is 12.4. The monoisotopic (exact) mass is 388 g/mol. The Hall–Kier alpha value is -1.80. The Morgan fingerprint density at radius 3 is 2.60 bits per heavy atom. The Morgan fingerprint density at radius 1 is 1.40 bits per heavy atom. The number of hydrogen-bond donors (Lipinski definition) is 1. The third kappa shape index (κ3) is 4.85. The van der Waals surface area contributed by atoms with Crippen molar-refractivity contribution in [3.05, 3.63) is 22.7 Å². The number of nitrogens with zero attached hydrogens (tertiary/aromatic N) is 1. The second-order valence-corrected chi connectivity index (χ2v) is 8.69. The van der Waals surface area contributed by atoms with Crippen LogP contribution in [0.25, 0.3) is 0 Å². The van der Waals surface area contributed by atoms with Crippen LogP contribution in [0.4, 0.5) is 5.69 Å². The summed E-state index contributed by atoms with van der Waals surface area (Å²) >= 11 is 6.04. The average molecular weight is 389 g/mol. The largest absolute Gasteiger partial charge is 0.495 e. The summed E-state index contributed by atoms with van der Waals surface area (Å²) in [6.07, 6.45) is 0.346. The SMILES string of the molecule is COc1cc(Cl)c(C)cc1NC(=O)CN(C(C)=O)C1CCS(=O)(=O)C1. The van der Waals surface area contributed by atoms with E-state index in [4.69, 9.17) is 16.3 Å². The van der Waals surface area contributed by atoms with Crippen LogP contribution in [0.5, 0.6) is 5.75 Å². The van der Waals surface area contributed by atoms with Crippen LogP contribution in [0.15, 0.2) is 12.1 Å². The number of methoxy groups -OCH3 is 1. The molecular weight excluding hydrogens is 368 g/mol. The lowest BCUT2D eigenvalue weighted by molar-refractivity contribution is -0.134. The van der Waals surface area contributed by atoms with Gasteiger partial charge in [-0.2, -0.15) is 0 Å². The van der Waals surface area contributed by atoms with Crippen LogP contribution < -0.4 is 10.1 Å². The van der Waals surface area contributed by atoms with Gasteiger partial charge < -0.3 is 15.0 Å². The predicted octanol–water partition coefficient (Wildman–Crippen LogP) is 1.63. The normalized spacial score (nSPS) is 18.6. The van der Waals surface area contributed by atoms with E-state index in [9.17, 15) is 18.0 Å². The topological polar surface area (TPSA) is 92.8 Å². The molecule has 0 aliphatic carbocycles. The number of rotatable bonds is 5.